The summed E-state index contributed by atoms with van der Waals surface area (Å²) in [4.78, 5) is 10.0. The van der Waals surface area contributed by atoms with Gasteiger partial charge in [-0.25, -0.2) is 9.97 Å². The van der Waals surface area contributed by atoms with Crippen LogP contribution in [0.4, 0.5) is 5.69 Å². The van der Waals surface area contributed by atoms with Crippen molar-refractivity contribution in [2.75, 3.05) is 5.32 Å². The molecule has 1 N–H and O–H groups in total. The lowest BCUT2D eigenvalue weighted by Gasteiger charge is -2.12. The Morgan fingerprint density at radius 2 is 1.27 bits per heavy atom. The van der Waals surface area contributed by atoms with Crippen LogP contribution in [-0.4, -0.2) is 9.97 Å². The van der Waals surface area contributed by atoms with Crippen LogP contribution in [0.3, 0.4) is 0 Å². The van der Waals surface area contributed by atoms with Crippen LogP contribution in [0.15, 0.2) is 140 Å². The van der Waals surface area contributed by atoms with E-state index in [1.165, 1.54) is 0 Å². The summed E-state index contributed by atoms with van der Waals surface area (Å²) >= 11 is 0. The minimum Gasteiger partial charge on any atom is -0.464 e. The summed E-state index contributed by atoms with van der Waals surface area (Å²) in [6.45, 7) is 0. The van der Waals surface area contributed by atoms with Crippen molar-refractivity contribution in [1.82, 2.24) is 9.97 Å². The molecule has 0 radical (unpaired) electrons. The smallest absolute Gasteiger partial charge is 0.196 e. The number of hydrogen-bond donors (Lipinski definition) is 1. The van der Waals surface area contributed by atoms with Crippen LogP contribution in [0.25, 0.3) is 55.4 Å². The molecule has 7 aromatic rings. The molecule has 1 unspecified atom stereocenters. The maximum absolute atomic E-state index is 6.38. The number of rotatable bonds is 4. The lowest BCUT2D eigenvalue weighted by molar-refractivity contribution is 0.262. The van der Waals surface area contributed by atoms with E-state index in [0.717, 1.165) is 72.4 Å². The van der Waals surface area contributed by atoms with Crippen molar-refractivity contribution in [3.8, 4) is 39.5 Å². The molecule has 0 bridgehead atoms. The zero-order valence-electron chi connectivity index (χ0n) is 22.2. The van der Waals surface area contributed by atoms with Crippen molar-refractivity contribution in [2.24, 2.45) is 0 Å². The van der Waals surface area contributed by atoms with Gasteiger partial charge in [0.05, 0.1) is 16.9 Å². The third-order valence-electron chi connectivity index (χ3n) is 7.70. The minimum absolute atomic E-state index is 0.184. The van der Waals surface area contributed by atoms with E-state index in [0.29, 0.717) is 0 Å². The molecule has 1 aliphatic rings. The summed E-state index contributed by atoms with van der Waals surface area (Å²) in [5.41, 5.74) is 8.32. The molecule has 0 spiro atoms. The van der Waals surface area contributed by atoms with E-state index in [1.807, 2.05) is 48.5 Å². The number of benzene rings is 6. The van der Waals surface area contributed by atoms with Crippen LogP contribution in [0.1, 0.15) is 11.8 Å². The molecule has 41 heavy (non-hydrogen) atoms. The molecule has 1 atom stereocenters. The van der Waals surface area contributed by atoms with Crippen molar-refractivity contribution in [1.29, 1.82) is 0 Å². The van der Waals surface area contributed by atoms with Crippen LogP contribution < -0.4 is 10.1 Å². The number of aromatic nitrogens is 2. The quantitative estimate of drug-likeness (QED) is 0.248. The maximum Gasteiger partial charge on any atom is 0.196 e. The third-order valence-corrected chi connectivity index (χ3v) is 7.70. The summed E-state index contributed by atoms with van der Waals surface area (Å²) in [6.07, 6.45) is -0.184. The van der Waals surface area contributed by atoms with Crippen molar-refractivity contribution in [2.45, 2.75) is 6.23 Å². The Morgan fingerprint density at radius 1 is 0.537 bits per heavy atom. The Bertz CT molecular complexity index is 2060. The van der Waals surface area contributed by atoms with Crippen LogP contribution in [0, 0.1) is 0 Å². The van der Waals surface area contributed by atoms with E-state index in [4.69, 9.17) is 14.7 Å². The second-order valence-electron chi connectivity index (χ2n) is 10.3. The van der Waals surface area contributed by atoms with Gasteiger partial charge in [-0.15, -0.1) is 0 Å². The van der Waals surface area contributed by atoms with Gasteiger partial charge in [0.15, 0.2) is 17.8 Å². The fraction of sp³-hybridized carbons (Fsp3) is 0.0270. The first-order chi connectivity index (χ1) is 20.3. The Hall–Kier alpha value is -5.48. The van der Waals surface area contributed by atoms with Gasteiger partial charge >= 0.3 is 0 Å². The Kier molecular flexibility index (Phi) is 5.49. The number of anilines is 1. The van der Waals surface area contributed by atoms with E-state index in [2.05, 4.69) is 96.3 Å². The normalized spacial score (nSPS) is 14.0. The summed E-state index contributed by atoms with van der Waals surface area (Å²) in [5, 5.41) is 6.79. The molecule has 6 aromatic carbocycles. The van der Waals surface area contributed by atoms with Gasteiger partial charge in [-0.1, -0.05) is 109 Å². The van der Waals surface area contributed by atoms with Gasteiger partial charge in [0.2, 0.25) is 0 Å². The molecular formula is C37H25N3O. The van der Waals surface area contributed by atoms with E-state index in [1.54, 1.807) is 0 Å². The highest BCUT2D eigenvalue weighted by molar-refractivity contribution is 5.97. The molecule has 1 aliphatic heterocycles. The van der Waals surface area contributed by atoms with Gasteiger partial charge < -0.3 is 10.1 Å². The topological polar surface area (TPSA) is 47.0 Å². The van der Waals surface area contributed by atoms with Crippen molar-refractivity contribution in [3.63, 3.8) is 0 Å². The highest BCUT2D eigenvalue weighted by Crippen LogP contribution is 2.44. The Balaban J connectivity index is 1.17. The van der Waals surface area contributed by atoms with E-state index < -0.39 is 0 Å². The molecule has 8 rings (SSSR count). The van der Waals surface area contributed by atoms with Crippen molar-refractivity contribution >= 4 is 27.4 Å². The van der Waals surface area contributed by atoms with Gasteiger partial charge in [0.25, 0.3) is 0 Å². The predicted octanol–water partition coefficient (Wildman–Crippen LogP) is 9.29. The average molecular weight is 528 g/mol. The highest BCUT2D eigenvalue weighted by atomic mass is 16.5. The molecule has 4 heteroatoms. The first-order valence-electron chi connectivity index (χ1n) is 13.8. The zero-order valence-corrected chi connectivity index (χ0v) is 22.2. The Labute approximate surface area is 237 Å². The minimum atomic E-state index is -0.184. The highest BCUT2D eigenvalue weighted by Gasteiger charge is 2.25. The summed E-state index contributed by atoms with van der Waals surface area (Å²) in [6, 6.07) is 48.1. The van der Waals surface area contributed by atoms with Crippen LogP contribution in [0.2, 0.25) is 0 Å². The van der Waals surface area contributed by atoms with Gasteiger partial charge in [-0.05, 0) is 46.8 Å². The SMILES string of the molecule is c1ccc(-c2nc(-c3cccc(-c4ccc5c6c(ccc5c4)NC(c4ccccc4)O6)c3)nc3ccccc23)cc1. The van der Waals surface area contributed by atoms with E-state index in [9.17, 15) is 0 Å². The molecular weight excluding hydrogens is 502 g/mol. The van der Waals surface area contributed by atoms with Gasteiger partial charge in [-0.2, -0.15) is 0 Å². The number of hydrogen-bond acceptors (Lipinski definition) is 4. The third kappa shape index (κ3) is 4.17. The lowest BCUT2D eigenvalue weighted by atomic mass is 9.98. The van der Waals surface area contributed by atoms with Crippen molar-refractivity contribution < 1.29 is 4.74 Å². The van der Waals surface area contributed by atoms with E-state index in [-0.39, 0.29) is 6.23 Å². The second-order valence-corrected chi connectivity index (χ2v) is 10.3. The van der Waals surface area contributed by atoms with Gasteiger partial charge in [0, 0.05) is 27.5 Å². The molecule has 0 saturated carbocycles. The lowest BCUT2D eigenvalue weighted by Crippen LogP contribution is -2.09. The first kappa shape index (κ1) is 23.4. The molecule has 4 nitrogen and oxygen atoms in total. The summed E-state index contributed by atoms with van der Waals surface area (Å²) in [5.74, 6) is 1.61. The Morgan fingerprint density at radius 3 is 2.15 bits per heavy atom. The fourth-order valence-corrected chi connectivity index (χ4v) is 5.65. The largest absolute Gasteiger partial charge is 0.464 e. The fourth-order valence-electron chi connectivity index (χ4n) is 5.65. The number of fused-ring (bicyclic) bond motifs is 4. The van der Waals surface area contributed by atoms with Crippen LogP contribution in [0.5, 0.6) is 5.75 Å². The van der Waals surface area contributed by atoms with E-state index >= 15 is 0 Å². The number of nitrogens with one attached hydrogen (secondary N) is 1. The zero-order chi connectivity index (χ0) is 27.2. The second kappa shape index (κ2) is 9.61. The molecule has 1 aromatic heterocycles. The van der Waals surface area contributed by atoms with Gasteiger partial charge in [-0.3, -0.25) is 0 Å². The van der Waals surface area contributed by atoms with Crippen LogP contribution in [-0.2, 0) is 0 Å². The van der Waals surface area contributed by atoms with Crippen molar-refractivity contribution in [3.05, 3.63) is 145 Å². The molecule has 194 valence electrons. The van der Waals surface area contributed by atoms with Crippen LogP contribution >= 0.6 is 0 Å². The summed E-state index contributed by atoms with van der Waals surface area (Å²) < 4.78 is 6.38. The summed E-state index contributed by atoms with van der Waals surface area (Å²) in [7, 11) is 0. The number of para-hydroxylation sites is 1. The average Bonchev–Trinajstić information content (AvgIpc) is 3.50. The molecule has 0 aliphatic carbocycles. The number of nitrogens with zero attached hydrogens (tertiary/aromatic N) is 2. The molecule has 0 amide bonds. The molecule has 2 heterocycles. The first-order valence-corrected chi connectivity index (χ1v) is 13.8. The molecule has 0 fully saturated rings. The standard InChI is InChI=1S/C37H25N3O/c1-3-10-24(11-4-1)34-31-16-7-8-17-32(31)38-36(40-34)29-15-9-14-26(23-29)27-18-20-30-28(22-27)19-21-33-35(30)41-37(39-33)25-12-5-2-6-13-25/h1-23,37,39H. The van der Waals surface area contributed by atoms with Gasteiger partial charge in [0.1, 0.15) is 0 Å². The maximum atomic E-state index is 6.38. The monoisotopic (exact) mass is 527 g/mol. The number of ether oxygens (including phenoxy) is 1. The predicted molar refractivity (Wildman–Crippen MR) is 167 cm³/mol. The molecule has 0 saturated heterocycles.